The van der Waals surface area contributed by atoms with E-state index in [1.807, 2.05) is 47.0 Å². The topological polar surface area (TPSA) is 103 Å². The van der Waals surface area contributed by atoms with E-state index in [9.17, 15) is 9.59 Å². The molecule has 156 valence electrons. The lowest BCUT2D eigenvalue weighted by atomic mass is 9.87. The van der Waals surface area contributed by atoms with Crippen LogP contribution >= 0.6 is 11.8 Å². The van der Waals surface area contributed by atoms with Crippen molar-refractivity contribution in [3.8, 4) is 17.1 Å². The number of rotatable bonds is 5. The lowest BCUT2D eigenvalue weighted by Gasteiger charge is -2.19. The van der Waals surface area contributed by atoms with Crippen LogP contribution in [0.2, 0.25) is 0 Å². The summed E-state index contributed by atoms with van der Waals surface area (Å²) in [6.07, 6.45) is 0. The van der Waals surface area contributed by atoms with Gasteiger partial charge in [0.25, 0.3) is 0 Å². The van der Waals surface area contributed by atoms with Gasteiger partial charge in [0, 0.05) is 11.3 Å². The van der Waals surface area contributed by atoms with Crippen molar-refractivity contribution in [1.82, 2.24) is 20.1 Å². The van der Waals surface area contributed by atoms with Crippen LogP contribution in [0.5, 0.6) is 0 Å². The maximum Gasteiger partial charge on any atom is 0.318 e. The lowest BCUT2D eigenvalue weighted by molar-refractivity contribution is -0.119. The molecule has 1 aromatic heterocycles. The van der Waals surface area contributed by atoms with Crippen LogP contribution in [0.4, 0.5) is 4.79 Å². The van der Waals surface area contributed by atoms with Crippen molar-refractivity contribution in [2.24, 2.45) is 5.73 Å². The highest BCUT2D eigenvalue weighted by molar-refractivity contribution is 8.00. The normalized spacial score (nSPS) is 12.4. The van der Waals surface area contributed by atoms with E-state index >= 15 is 0 Å². The lowest BCUT2D eigenvalue weighted by Crippen LogP contribution is -2.39. The number of carbonyl (C=O) groups is 2. The molecule has 0 aliphatic rings. The average Bonchev–Trinajstić information content (AvgIpc) is 3.11. The van der Waals surface area contributed by atoms with Crippen LogP contribution in [-0.2, 0) is 10.2 Å². The van der Waals surface area contributed by atoms with Crippen molar-refractivity contribution in [3.05, 3.63) is 60.2 Å². The van der Waals surface area contributed by atoms with Crippen LogP contribution in [-0.4, -0.2) is 32.0 Å². The van der Waals surface area contributed by atoms with Crippen molar-refractivity contribution in [2.75, 3.05) is 0 Å². The number of urea groups is 1. The number of primary amides is 1. The zero-order valence-electron chi connectivity index (χ0n) is 17.4. The van der Waals surface area contributed by atoms with E-state index in [1.54, 1.807) is 6.92 Å². The number of hydrogen-bond acceptors (Lipinski definition) is 5. The molecule has 0 fully saturated rings. The highest BCUT2D eigenvalue weighted by Crippen LogP contribution is 2.31. The Bertz CT molecular complexity index is 1040. The number of thioether (sulfide) groups is 1. The zero-order valence-corrected chi connectivity index (χ0v) is 18.2. The Balaban J connectivity index is 2.01. The monoisotopic (exact) mass is 423 g/mol. The van der Waals surface area contributed by atoms with Gasteiger partial charge in [0.1, 0.15) is 0 Å². The Morgan fingerprint density at radius 1 is 1.03 bits per heavy atom. The molecule has 3 N–H and O–H groups in total. The first kappa shape index (κ1) is 21.6. The number of hydrogen-bond donors (Lipinski definition) is 2. The van der Waals surface area contributed by atoms with E-state index < -0.39 is 17.2 Å². The Hall–Kier alpha value is -3.13. The molecule has 30 heavy (non-hydrogen) atoms. The van der Waals surface area contributed by atoms with E-state index in [2.05, 4.69) is 48.4 Å². The molecule has 7 nitrogen and oxygen atoms in total. The molecule has 1 heterocycles. The maximum atomic E-state index is 12.1. The Morgan fingerprint density at radius 3 is 2.23 bits per heavy atom. The highest BCUT2D eigenvalue weighted by atomic mass is 32.2. The summed E-state index contributed by atoms with van der Waals surface area (Å²) < 4.78 is 1.91. The van der Waals surface area contributed by atoms with Gasteiger partial charge in [-0.2, -0.15) is 0 Å². The fourth-order valence-corrected chi connectivity index (χ4v) is 3.76. The molecule has 1 atom stereocenters. The van der Waals surface area contributed by atoms with Crippen molar-refractivity contribution < 1.29 is 9.59 Å². The van der Waals surface area contributed by atoms with Gasteiger partial charge in [-0.05, 0) is 30.0 Å². The molecule has 0 saturated carbocycles. The summed E-state index contributed by atoms with van der Waals surface area (Å²) in [4.78, 5) is 23.1. The molecule has 3 aromatic rings. The average molecular weight is 424 g/mol. The van der Waals surface area contributed by atoms with Gasteiger partial charge in [-0.25, -0.2) is 4.79 Å². The van der Waals surface area contributed by atoms with Crippen LogP contribution in [0, 0.1) is 0 Å². The molecule has 3 rings (SSSR count). The third-order valence-corrected chi connectivity index (χ3v) is 5.60. The van der Waals surface area contributed by atoms with Gasteiger partial charge >= 0.3 is 6.03 Å². The number of imide groups is 1. The molecule has 0 spiro atoms. The molecule has 3 amide bonds. The molecular weight excluding hydrogens is 398 g/mol. The number of nitrogens with two attached hydrogens (primary N) is 1. The first-order valence-electron chi connectivity index (χ1n) is 9.55. The number of nitrogens with one attached hydrogen (secondary N) is 1. The van der Waals surface area contributed by atoms with Crippen LogP contribution in [0.25, 0.3) is 17.1 Å². The molecule has 0 radical (unpaired) electrons. The van der Waals surface area contributed by atoms with Gasteiger partial charge in [-0.3, -0.25) is 14.7 Å². The predicted molar refractivity (Wildman–Crippen MR) is 119 cm³/mol. The quantitative estimate of drug-likeness (QED) is 0.606. The summed E-state index contributed by atoms with van der Waals surface area (Å²) in [7, 11) is 0. The van der Waals surface area contributed by atoms with Crippen molar-refractivity contribution in [1.29, 1.82) is 0 Å². The third kappa shape index (κ3) is 4.88. The molecule has 0 bridgehead atoms. The van der Waals surface area contributed by atoms with E-state index in [0.29, 0.717) is 11.0 Å². The molecule has 1 unspecified atom stereocenters. The van der Waals surface area contributed by atoms with Gasteiger partial charge in [-0.1, -0.05) is 75.0 Å². The van der Waals surface area contributed by atoms with Gasteiger partial charge in [0.15, 0.2) is 11.0 Å². The first-order valence-corrected chi connectivity index (χ1v) is 10.4. The van der Waals surface area contributed by atoms with Crippen molar-refractivity contribution >= 4 is 23.7 Å². The highest BCUT2D eigenvalue weighted by Gasteiger charge is 2.23. The number of para-hydroxylation sites is 1. The van der Waals surface area contributed by atoms with Crippen LogP contribution in [0.15, 0.2) is 59.8 Å². The Morgan fingerprint density at radius 2 is 1.67 bits per heavy atom. The van der Waals surface area contributed by atoms with Crippen LogP contribution in [0.3, 0.4) is 0 Å². The fraction of sp³-hybridized carbons (Fsp3) is 0.273. The van der Waals surface area contributed by atoms with E-state index in [1.165, 1.54) is 17.3 Å². The van der Waals surface area contributed by atoms with Crippen LogP contribution in [0.1, 0.15) is 33.3 Å². The molecule has 0 saturated heterocycles. The number of benzene rings is 2. The second kappa shape index (κ2) is 8.71. The largest absolute Gasteiger partial charge is 0.351 e. The van der Waals surface area contributed by atoms with E-state index in [4.69, 9.17) is 5.73 Å². The minimum atomic E-state index is -0.878. The smallest absolute Gasteiger partial charge is 0.318 e. The molecule has 8 heteroatoms. The SMILES string of the molecule is CC(Sc1nnc(-c2ccc(C(C)(C)C)cc2)n1-c1ccccc1)C(=O)NC(N)=O. The summed E-state index contributed by atoms with van der Waals surface area (Å²) >= 11 is 1.21. The standard InChI is InChI=1S/C22H25N5O2S/c1-14(19(28)24-20(23)29)30-21-26-25-18(27(21)17-8-6-5-7-9-17)15-10-12-16(13-11-15)22(2,3)4/h5-14H,1-4H3,(H3,23,24,28,29). The molecule has 0 aliphatic heterocycles. The number of carbonyl (C=O) groups excluding carboxylic acids is 2. The zero-order chi connectivity index (χ0) is 21.9. The molecule has 0 aliphatic carbocycles. The van der Waals surface area contributed by atoms with Crippen molar-refractivity contribution in [3.63, 3.8) is 0 Å². The number of amides is 3. The second-order valence-corrected chi connectivity index (χ2v) is 9.23. The van der Waals surface area contributed by atoms with Crippen molar-refractivity contribution in [2.45, 2.75) is 43.5 Å². The van der Waals surface area contributed by atoms with Gasteiger partial charge in [-0.15, -0.1) is 10.2 Å². The molecular formula is C22H25N5O2S. The van der Waals surface area contributed by atoms with Gasteiger partial charge < -0.3 is 5.73 Å². The molecule has 2 aromatic carbocycles. The Kier molecular flexibility index (Phi) is 6.26. The predicted octanol–water partition coefficient (Wildman–Crippen LogP) is 3.91. The van der Waals surface area contributed by atoms with Gasteiger partial charge in [0.2, 0.25) is 5.91 Å². The van der Waals surface area contributed by atoms with Crippen LogP contribution < -0.4 is 11.1 Å². The Labute approximate surface area is 180 Å². The summed E-state index contributed by atoms with van der Waals surface area (Å²) in [6.45, 7) is 8.19. The summed E-state index contributed by atoms with van der Waals surface area (Å²) in [6, 6.07) is 17.1. The summed E-state index contributed by atoms with van der Waals surface area (Å²) in [5.41, 5.74) is 8.13. The van der Waals surface area contributed by atoms with E-state index in [0.717, 1.165) is 11.3 Å². The minimum absolute atomic E-state index is 0.0515. The summed E-state index contributed by atoms with van der Waals surface area (Å²) in [5, 5.41) is 10.8. The number of aromatic nitrogens is 3. The van der Waals surface area contributed by atoms with E-state index in [-0.39, 0.29) is 5.41 Å². The fourth-order valence-electron chi connectivity index (χ4n) is 2.90. The summed E-state index contributed by atoms with van der Waals surface area (Å²) in [5.74, 6) is 0.192. The number of nitrogens with zero attached hydrogens (tertiary/aromatic N) is 3. The van der Waals surface area contributed by atoms with Gasteiger partial charge in [0.05, 0.1) is 5.25 Å². The maximum absolute atomic E-state index is 12.1. The third-order valence-electron chi connectivity index (χ3n) is 4.55. The first-order chi connectivity index (χ1) is 14.2. The second-order valence-electron chi connectivity index (χ2n) is 7.92. The minimum Gasteiger partial charge on any atom is -0.351 e.